The van der Waals surface area contributed by atoms with Crippen LogP contribution in [0.1, 0.15) is 25.7 Å². The number of hydrogen-bond acceptors (Lipinski definition) is 4. The highest BCUT2D eigenvalue weighted by Crippen LogP contribution is 2.36. The van der Waals surface area contributed by atoms with E-state index in [1.807, 2.05) is 11.9 Å². The molecule has 0 saturated heterocycles. The number of fused-ring (bicyclic) bond motifs is 1. The van der Waals surface area contributed by atoms with E-state index in [0.29, 0.717) is 11.3 Å². The van der Waals surface area contributed by atoms with Crippen molar-refractivity contribution in [3.8, 4) is 0 Å². The van der Waals surface area contributed by atoms with Crippen LogP contribution in [0.3, 0.4) is 0 Å². The van der Waals surface area contributed by atoms with Gasteiger partial charge in [0.25, 0.3) is 0 Å². The minimum absolute atomic E-state index is 0.315. The molecule has 1 aromatic heterocycles. The molecule has 0 aromatic carbocycles. The Bertz CT molecular complexity index is 454. The van der Waals surface area contributed by atoms with E-state index in [0.717, 1.165) is 11.5 Å². The van der Waals surface area contributed by atoms with Crippen LogP contribution < -0.4 is 9.80 Å². The van der Waals surface area contributed by atoms with Crippen molar-refractivity contribution >= 4 is 23.1 Å². The first-order valence-electron chi connectivity index (χ1n) is 5.98. The number of hydrogen-bond donors (Lipinski definition) is 0. The molecule has 1 fully saturated rings. The number of rotatable bonds is 1. The van der Waals surface area contributed by atoms with E-state index in [4.69, 9.17) is 11.6 Å². The molecule has 90 valence electrons. The molecule has 3 rings (SSSR count). The fourth-order valence-corrected chi connectivity index (χ4v) is 2.71. The maximum atomic E-state index is 5.90. The molecule has 1 saturated carbocycles. The Hall–Kier alpha value is -1.29. The second-order valence-corrected chi connectivity index (χ2v) is 4.94. The summed E-state index contributed by atoms with van der Waals surface area (Å²) in [6.07, 6.45) is 11.0. The summed E-state index contributed by atoms with van der Waals surface area (Å²) in [6.45, 7) is 0. The summed E-state index contributed by atoms with van der Waals surface area (Å²) in [5, 5.41) is 0.315. The number of nitrogens with zero attached hydrogens (tertiary/aromatic N) is 4. The molecule has 0 atom stereocenters. The average Bonchev–Trinajstić information content (AvgIpc) is 2.83. The van der Waals surface area contributed by atoms with Crippen LogP contribution in [-0.4, -0.2) is 23.1 Å². The number of anilines is 2. The largest absolute Gasteiger partial charge is 0.345 e. The van der Waals surface area contributed by atoms with Gasteiger partial charge in [-0.25, -0.2) is 4.98 Å². The summed E-state index contributed by atoms with van der Waals surface area (Å²) in [5.41, 5.74) is 1.02. The normalized spacial score (nSPS) is 19.9. The quantitative estimate of drug-likeness (QED) is 0.718. The van der Waals surface area contributed by atoms with Crippen molar-refractivity contribution in [3.63, 3.8) is 0 Å². The monoisotopic (exact) mass is 250 g/mol. The van der Waals surface area contributed by atoms with Crippen molar-refractivity contribution in [3.05, 3.63) is 23.9 Å². The van der Waals surface area contributed by atoms with E-state index in [9.17, 15) is 0 Å². The van der Waals surface area contributed by atoms with Gasteiger partial charge in [-0.05, 0) is 24.4 Å². The molecule has 1 aliphatic heterocycles. The topological polar surface area (TPSA) is 32.3 Å². The molecule has 0 bridgehead atoms. The molecule has 0 N–H and O–H groups in total. The first kappa shape index (κ1) is 10.8. The van der Waals surface area contributed by atoms with Gasteiger partial charge in [0.2, 0.25) is 5.28 Å². The molecule has 4 nitrogen and oxygen atoms in total. The molecular formula is C12H15ClN4. The van der Waals surface area contributed by atoms with Gasteiger partial charge in [0, 0.05) is 25.5 Å². The minimum Gasteiger partial charge on any atom is -0.345 e. The third-order valence-corrected chi connectivity index (χ3v) is 3.70. The Balaban J connectivity index is 2.01. The summed E-state index contributed by atoms with van der Waals surface area (Å²) < 4.78 is 0. The van der Waals surface area contributed by atoms with Crippen LogP contribution in [0, 0.1) is 0 Å². The van der Waals surface area contributed by atoms with E-state index in [-0.39, 0.29) is 0 Å². The second kappa shape index (κ2) is 4.18. The minimum atomic E-state index is 0.315. The Morgan fingerprint density at radius 1 is 1.29 bits per heavy atom. The predicted octanol–water partition coefficient (Wildman–Crippen LogP) is 2.80. The zero-order valence-electron chi connectivity index (χ0n) is 9.80. The number of halogens is 1. The third kappa shape index (κ3) is 1.86. The lowest BCUT2D eigenvalue weighted by Crippen LogP contribution is -2.33. The van der Waals surface area contributed by atoms with Gasteiger partial charge in [-0.2, -0.15) is 4.98 Å². The predicted molar refractivity (Wildman–Crippen MR) is 69.3 cm³/mol. The smallest absolute Gasteiger partial charge is 0.224 e. The molecule has 5 heteroatoms. The Morgan fingerprint density at radius 2 is 2.06 bits per heavy atom. The fourth-order valence-electron chi connectivity index (χ4n) is 2.58. The van der Waals surface area contributed by atoms with Crippen LogP contribution in [-0.2, 0) is 0 Å². The SMILES string of the molecule is CN1C=CN(C2CCCC2)c2nc(Cl)ncc21. The van der Waals surface area contributed by atoms with Gasteiger partial charge in [0.1, 0.15) is 5.69 Å². The van der Waals surface area contributed by atoms with Crippen molar-refractivity contribution in [1.29, 1.82) is 0 Å². The first-order chi connectivity index (χ1) is 8.25. The van der Waals surface area contributed by atoms with Crippen molar-refractivity contribution < 1.29 is 0 Å². The van der Waals surface area contributed by atoms with Gasteiger partial charge in [-0.3, -0.25) is 0 Å². The van der Waals surface area contributed by atoms with Crippen molar-refractivity contribution in [1.82, 2.24) is 9.97 Å². The zero-order chi connectivity index (χ0) is 11.8. The van der Waals surface area contributed by atoms with Crippen LogP contribution in [0.4, 0.5) is 11.5 Å². The van der Waals surface area contributed by atoms with Crippen LogP contribution in [0.5, 0.6) is 0 Å². The summed E-state index contributed by atoms with van der Waals surface area (Å²) in [7, 11) is 2.00. The molecule has 0 amide bonds. The van der Waals surface area contributed by atoms with Crippen molar-refractivity contribution in [2.24, 2.45) is 0 Å². The molecule has 2 aliphatic rings. The van der Waals surface area contributed by atoms with Gasteiger partial charge in [0.05, 0.1) is 6.20 Å². The molecule has 0 unspecified atom stereocenters. The molecule has 1 aliphatic carbocycles. The highest BCUT2D eigenvalue weighted by atomic mass is 35.5. The molecular weight excluding hydrogens is 236 g/mol. The highest BCUT2D eigenvalue weighted by Gasteiger charge is 2.27. The Labute approximate surface area is 106 Å². The standard InChI is InChI=1S/C12H15ClN4/c1-16-6-7-17(9-4-2-3-5-9)11-10(16)8-14-12(13)15-11/h6-9H,2-5H2,1H3. The summed E-state index contributed by atoms with van der Waals surface area (Å²) >= 11 is 5.90. The third-order valence-electron chi connectivity index (χ3n) is 3.51. The summed E-state index contributed by atoms with van der Waals surface area (Å²) in [4.78, 5) is 12.7. The van der Waals surface area contributed by atoms with Crippen molar-refractivity contribution in [2.75, 3.05) is 16.8 Å². The lowest BCUT2D eigenvalue weighted by atomic mass is 10.2. The van der Waals surface area contributed by atoms with Gasteiger partial charge in [-0.1, -0.05) is 12.8 Å². The van der Waals surface area contributed by atoms with E-state index >= 15 is 0 Å². The van der Waals surface area contributed by atoms with Gasteiger partial charge in [0.15, 0.2) is 5.82 Å². The fraction of sp³-hybridized carbons (Fsp3) is 0.500. The van der Waals surface area contributed by atoms with Crippen LogP contribution in [0.15, 0.2) is 18.6 Å². The number of aromatic nitrogens is 2. The average molecular weight is 251 g/mol. The first-order valence-corrected chi connectivity index (χ1v) is 6.35. The Kier molecular flexibility index (Phi) is 2.67. The Morgan fingerprint density at radius 3 is 2.82 bits per heavy atom. The van der Waals surface area contributed by atoms with E-state index in [2.05, 4.69) is 27.3 Å². The summed E-state index contributed by atoms with van der Waals surface area (Å²) in [5.74, 6) is 0.932. The van der Waals surface area contributed by atoms with Crippen LogP contribution in [0.25, 0.3) is 0 Å². The maximum Gasteiger partial charge on any atom is 0.224 e. The van der Waals surface area contributed by atoms with Gasteiger partial charge >= 0.3 is 0 Å². The second-order valence-electron chi connectivity index (χ2n) is 4.60. The van der Waals surface area contributed by atoms with Crippen molar-refractivity contribution in [2.45, 2.75) is 31.7 Å². The molecule has 2 heterocycles. The zero-order valence-corrected chi connectivity index (χ0v) is 10.6. The van der Waals surface area contributed by atoms with Crippen LogP contribution >= 0.6 is 11.6 Å². The van der Waals surface area contributed by atoms with E-state index < -0.39 is 0 Å². The molecule has 0 radical (unpaired) electrons. The van der Waals surface area contributed by atoms with Gasteiger partial charge < -0.3 is 9.80 Å². The molecule has 17 heavy (non-hydrogen) atoms. The molecule has 1 aromatic rings. The molecule has 0 spiro atoms. The maximum absolute atomic E-state index is 5.90. The lowest BCUT2D eigenvalue weighted by Gasteiger charge is -2.33. The lowest BCUT2D eigenvalue weighted by molar-refractivity contribution is 0.660. The highest BCUT2D eigenvalue weighted by molar-refractivity contribution is 6.28. The van der Waals surface area contributed by atoms with Crippen LogP contribution in [0.2, 0.25) is 5.28 Å². The van der Waals surface area contributed by atoms with Gasteiger partial charge in [-0.15, -0.1) is 0 Å². The summed E-state index contributed by atoms with van der Waals surface area (Å²) in [6, 6.07) is 0.560. The van der Waals surface area contributed by atoms with E-state index in [1.54, 1.807) is 6.20 Å². The van der Waals surface area contributed by atoms with E-state index in [1.165, 1.54) is 25.7 Å².